The van der Waals surface area contributed by atoms with Crippen LogP contribution in [-0.2, 0) is 0 Å². The molecule has 11 aromatic rings. The second-order valence-electron chi connectivity index (χ2n) is 11.4. The van der Waals surface area contributed by atoms with Gasteiger partial charge in [0, 0.05) is 10.8 Å². The van der Waals surface area contributed by atoms with E-state index < -0.39 is 268 Å². The van der Waals surface area contributed by atoms with Crippen molar-refractivity contribution in [2.75, 3.05) is 0 Å². The molecule has 0 saturated heterocycles. The minimum absolute atomic E-state index is 0.343. The van der Waals surface area contributed by atoms with Crippen LogP contribution in [0.15, 0.2) is 186 Å². The van der Waals surface area contributed by atoms with Crippen LogP contribution in [0.3, 0.4) is 0 Å². The van der Waals surface area contributed by atoms with Gasteiger partial charge in [0.1, 0.15) is 11.2 Å². The number of fused-ring (bicyclic) bond motifs is 9. The van der Waals surface area contributed by atoms with Crippen molar-refractivity contribution in [3.8, 4) is 33.4 Å². The van der Waals surface area contributed by atoms with Gasteiger partial charge in [0.05, 0.1) is 39.8 Å². The first kappa shape index (κ1) is 12.0. The quantitative estimate of drug-likeness (QED) is 0.134. The van der Waals surface area contributed by atoms with Gasteiger partial charge in [-0.2, -0.15) is 0 Å². The molecule has 51 heavy (non-hydrogen) atoms. The second kappa shape index (κ2) is 10.9. The summed E-state index contributed by atoms with van der Waals surface area (Å²) in [5.41, 5.74) is -5.45. The molecule has 0 aliphatic heterocycles. The highest BCUT2D eigenvalue weighted by molar-refractivity contribution is 6.22. The molecule has 0 bridgehead atoms. The van der Waals surface area contributed by atoms with Gasteiger partial charge in [0.15, 0.2) is 0 Å². The Kier molecular flexibility index (Phi) is 2.56. The molecule has 1 heteroatoms. The van der Waals surface area contributed by atoms with E-state index in [9.17, 15) is 17.8 Å². The molecule has 0 spiro atoms. The van der Waals surface area contributed by atoms with E-state index in [4.69, 9.17) is 26.3 Å². The zero-order valence-corrected chi connectivity index (χ0v) is 25.5. The summed E-state index contributed by atoms with van der Waals surface area (Å²) in [6.45, 7) is 0. The second-order valence-corrected chi connectivity index (χ2v) is 11.4. The predicted molar refractivity (Wildman–Crippen MR) is 218 cm³/mol. The molecule has 10 aromatic carbocycles. The number of furan rings is 1. The third-order valence-electron chi connectivity index (χ3n) is 8.54. The minimum Gasteiger partial charge on any atom is -0.456 e. The largest absolute Gasteiger partial charge is 0.456 e. The van der Waals surface area contributed by atoms with Gasteiger partial charge < -0.3 is 4.42 Å². The van der Waals surface area contributed by atoms with Crippen LogP contribution in [0.2, 0.25) is 0 Å². The Labute approximate surface area is 335 Å². The molecule has 0 atom stereocenters. The van der Waals surface area contributed by atoms with Crippen molar-refractivity contribution in [3.63, 3.8) is 0 Å². The smallest absolute Gasteiger partial charge is 0.136 e. The highest BCUT2D eigenvalue weighted by Gasteiger charge is 2.18. The minimum atomic E-state index is -1.05. The molecule has 1 heterocycles. The number of benzene rings is 10. The van der Waals surface area contributed by atoms with Crippen molar-refractivity contribution in [1.29, 1.82) is 0 Å². The maximum atomic E-state index is 9.85. The Morgan fingerprint density at radius 3 is 1.49 bits per heavy atom. The van der Waals surface area contributed by atoms with Crippen molar-refractivity contribution >= 4 is 75.8 Å². The lowest BCUT2D eigenvalue weighted by Gasteiger charge is -2.18. The highest BCUT2D eigenvalue weighted by atomic mass is 16.3. The third kappa shape index (κ3) is 4.35. The van der Waals surface area contributed by atoms with E-state index in [2.05, 4.69) is 0 Å². The van der Waals surface area contributed by atoms with Gasteiger partial charge in [-0.15, -0.1) is 0 Å². The van der Waals surface area contributed by atoms with Crippen molar-refractivity contribution < 1.29 is 44.2 Å². The molecule has 0 unspecified atom stereocenters. The Hall–Kier alpha value is -6.70. The van der Waals surface area contributed by atoms with Gasteiger partial charge in [-0.1, -0.05) is 151 Å². The maximum absolute atomic E-state index is 9.85. The average molecular weight is 676 g/mol. The van der Waals surface area contributed by atoms with Crippen LogP contribution in [-0.4, -0.2) is 0 Å². The van der Waals surface area contributed by atoms with Crippen molar-refractivity contribution in [3.05, 3.63) is 181 Å². The highest BCUT2D eigenvalue weighted by Crippen LogP contribution is 2.45. The summed E-state index contributed by atoms with van der Waals surface area (Å²) in [5, 5.41) is -6.34. The van der Waals surface area contributed by atoms with Crippen LogP contribution < -0.4 is 0 Å². The van der Waals surface area contributed by atoms with Gasteiger partial charge in [-0.25, -0.2) is 0 Å². The fraction of sp³-hybridized carbons (Fsp3) is 0. The fourth-order valence-corrected chi connectivity index (χ4v) is 6.29. The molecule has 11 rings (SSSR count). The molecule has 236 valence electrons. The summed E-state index contributed by atoms with van der Waals surface area (Å²) in [7, 11) is 0. The van der Waals surface area contributed by atoms with Crippen LogP contribution in [0, 0.1) is 0 Å². The summed E-state index contributed by atoms with van der Waals surface area (Å²) >= 11 is 0. The monoisotopic (exact) mass is 675 g/mol. The summed E-state index contributed by atoms with van der Waals surface area (Å²) in [6, 6.07) is -24.0. The number of rotatable bonds is 3. The van der Waals surface area contributed by atoms with Crippen LogP contribution in [0.25, 0.3) is 109 Å². The molecule has 0 amide bonds. The molecular weight excluding hydrogens is 617 g/mol. The van der Waals surface area contributed by atoms with Crippen LogP contribution >= 0.6 is 0 Å². The lowest BCUT2D eigenvalue weighted by molar-refractivity contribution is 0.669. The van der Waals surface area contributed by atoms with Gasteiger partial charge in [-0.3, -0.25) is 0 Å². The number of hydrogen-bond acceptors (Lipinski definition) is 1. The molecule has 0 aliphatic carbocycles. The third-order valence-corrected chi connectivity index (χ3v) is 8.54. The van der Waals surface area contributed by atoms with Gasteiger partial charge in [0.25, 0.3) is 0 Å². The molecule has 0 aliphatic rings. The van der Waals surface area contributed by atoms with E-state index in [0.29, 0.717) is 0 Å². The lowest BCUT2D eigenvalue weighted by atomic mass is 9.85. The van der Waals surface area contributed by atoms with E-state index in [0.717, 1.165) is 6.07 Å². The molecule has 1 aromatic heterocycles. The summed E-state index contributed by atoms with van der Waals surface area (Å²) < 4.78 is 268. The molecule has 0 saturated carbocycles. The SMILES string of the molecule is [2H]c1c([2H])c(-c2c3c([2H])c([2H])c([2H])c([2H])c3c(-c3c([2H])c([2H])c4oc5c([2H])c6c([2H])c([2H])c([2H])c([2H])c6c([2H])c5c4c3[2H])c3c([2H])c([2H])c([2H])c([2H])c23)c([2H])c([2H])c1-c1cc2c([2H])c([2H])c3c([2H])c([2H])c([2H])c([2H])c3c2c([2H])c1[2H]. The predicted octanol–water partition coefficient (Wildman–Crippen LogP) is 14.4. The van der Waals surface area contributed by atoms with E-state index in [1.54, 1.807) is 0 Å². The van der Waals surface area contributed by atoms with Gasteiger partial charge in [0.2, 0.25) is 0 Å². The summed E-state index contributed by atoms with van der Waals surface area (Å²) in [6.07, 6.45) is 0. The fourth-order valence-electron chi connectivity index (χ4n) is 6.29. The Morgan fingerprint density at radius 2 is 0.784 bits per heavy atom. The molecular formula is C50H30O. The number of hydrogen-bond donors (Lipinski definition) is 0. The molecule has 1 nitrogen and oxygen atoms in total. The molecule has 0 radical (unpaired) electrons. The van der Waals surface area contributed by atoms with Crippen LogP contribution in [0.5, 0.6) is 0 Å². The van der Waals surface area contributed by atoms with E-state index in [1.165, 1.54) is 0 Å². The van der Waals surface area contributed by atoms with Gasteiger partial charge >= 0.3 is 0 Å². The van der Waals surface area contributed by atoms with Crippen molar-refractivity contribution in [1.82, 2.24) is 0 Å². The molecule has 0 N–H and O–H groups in total. The lowest BCUT2D eigenvalue weighted by Crippen LogP contribution is -1.91. The zero-order valence-electron chi connectivity index (χ0n) is 54.5. The normalized spacial score (nSPS) is 19.9. The standard InChI is InChI=1S/C50H30O/c1-2-11-35-30-48-46(28-34(35)10-1)45-29-38(24-26-47(45)51-48)50-43-15-7-5-13-41(43)49(42-14-6-8-16-44(42)50)33-20-17-31(18-21-33)36-23-25-40-37(27-36)22-19-32-9-3-4-12-39(32)40/h1-30H/i1D,2D,3D,4D,5D,6D,7D,8D,9D,10D,11D,12D,13D,14D,15D,16D,17D,18D,19D,20D,21D,22D,23D,24D,25D,26D,28D,29D,30D. The van der Waals surface area contributed by atoms with Crippen molar-refractivity contribution in [2.24, 2.45) is 0 Å². The molecule has 0 fully saturated rings. The Bertz CT molecular complexity index is 4760. The first-order valence-electron chi connectivity index (χ1n) is 29.7. The first-order chi connectivity index (χ1) is 37.4. The summed E-state index contributed by atoms with van der Waals surface area (Å²) in [5.74, 6) is 0. The Morgan fingerprint density at radius 1 is 0.294 bits per heavy atom. The maximum Gasteiger partial charge on any atom is 0.136 e. The van der Waals surface area contributed by atoms with E-state index in [1.807, 2.05) is 0 Å². The van der Waals surface area contributed by atoms with Crippen LogP contribution in [0.1, 0.15) is 39.8 Å². The van der Waals surface area contributed by atoms with Gasteiger partial charge in [-0.05, 0) is 117 Å². The zero-order chi connectivity index (χ0) is 58.7. The van der Waals surface area contributed by atoms with E-state index in [-0.39, 0.29) is 16.2 Å². The average Bonchev–Trinajstić information content (AvgIpc) is 4.01. The first-order valence-corrected chi connectivity index (χ1v) is 15.2. The van der Waals surface area contributed by atoms with Crippen molar-refractivity contribution in [2.45, 2.75) is 0 Å². The van der Waals surface area contributed by atoms with Crippen LogP contribution in [0.4, 0.5) is 0 Å². The summed E-state index contributed by atoms with van der Waals surface area (Å²) in [4.78, 5) is 0. The topological polar surface area (TPSA) is 13.1 Å². The Balaban J connectivity index is 1.32. The van der Waals surface area contributed by atoms with E-state index >= 15 is 0 Å².